The summed E-state index contributed by atoms with van der Waals surface area (Å²) in [5, 5.41) is 12.6. The number of likely N-dealkylation sites (tertiary alicyclic amines) is 1. The monoisotopic (exact) mass is 367 g/mol. The van der Waals surface area contributed by atoms with Crippen molar-refractivity contribution < 1.29 is 9.18 Å². The lowest BCUT2D eigenvalue weighted by molar-refractivity contribution is -0.132. The van der Waals surface area contributed by atoms with Gasteiger partial charge in [-0.1, -0.05) is 20.8 Å². The Kier molecular flexibility index (Phi) is 5.36. The Morgan fingerprint density at radius 2 is 1.93 bits per heavy atom. The highest BCUT2D eigenvalue weighted by Crippen LogP contribution is 2.45. The molecule has 3 rings (SSSR count). The molecule has 1 N–H and O–H groups in total. The van der Waals surface area contributed by atoms with Gasteiger partial charge in [0.1, 0.15) is 5.83 Å². The first-order valence-electron chi connectivity index (χ1n) is 9.52. The molecule has 0 saturated carbocycles. The molecule has 1 aromatic rings. The first-order valence-corrected chi connectivity index (χ1v) is 9.52. The molecular formula is C22H26FN3O. The minimum atomic E-state index is -0.303. The highest BCUT2D eigenvalue weighted by Gasteiger charge is 2.48. The number of carbonyl (C=O) groups excluding carboxylic acids is 1. The van der Waals surface area contributed by atoms with Crippen molar-refractivity contribution in [2.45, 2.75) is 46.2 Å². The maximum atomic E-state index is 14.4. The lowest BCUT2D eigenvalue weighted by atomic mass is 9.69. The molecule has 0 spiro atoms. The summed E-state index contributed by atoms with van der Waals surface area (Å²) in [7, 11) is 0. The number of allylic oxidation sites excluding steroid dienone is 3. The summed E-state index contributed by atoms with van der Waals surface area (Å²) < 4.78 is 14.4. The predicted octanol–water partition coefficient (Wildman–Crippen LogP) is 4.62. The van der Waals surface area contributed by atoms with Crippen LogP contribution in [0.4, 0.5) is 10.1 Å². The molecule has 2 unspecified atom stereocenters. The molecule has 27 heavy (non-hydrogen) atoms. The first kappa shape index (κ1) is 19.2. The van der Waals surface area contributed by atoms with Gasteiger partial charge in [-0.3, -0.25) is 4.79 Å². The van der Waals surface area contributed by atoms with Crippen molar-refractivity contribution in [3.63, 3.8) is 0 Å². The van der Waals surface area contributed by atoms with Crippen molar-refractivity contribution >= 4 is 11.6 Å². The lowest BCUT2D eigenvalue weighted by Gasteiger charge is -2.52. The Hall–Kier alpha value is -2.61. The number of carbonyl (C=O) groups is 1. The van der Waals surface area contributed by atoms with Gasteiger partial charge in [0, 0.05) is 42.2 Å². The van der Waals surface area contributed by atoms with Crippen LogP contribution in [0.5, 0.6) is 0 Å². The molecule has 1 saturated heterocycles. The van der Waals surface area contributed by atoms with E-state index in [1.807, 2.05) is 24.0 Å². The van der Waals surface area contributed by atoms with Crippen LogP contribution in [0.25, 0.3) is 0 Å². The Bertz CT molecular complexity index is 821. The Balaban J connectivity index is 2.01. The van der Waals surface area contributed by atoms with Crippen molar-refractivity contribution in [1.82, 2.24) is 4.90 Å². The third kappa shape index (κ3) is 3.37. The standard InChI is InChI=1S/C22H26FN3O/c1-5-19-14(3)22(25-17-8-6-16(12-24)7-9-17)21-13(2)18(23)10-11-20(21)26(19)15(4)27/h6-11,13-14,19,21-22,25H,5H2,1-4H3/t13?,14-,19-,21?,22+/m1/s1. The molecule has 4 nitrogen and oxygen atoms in total. The van der Waals surface area contributed by atoms with Crippen molar-refractivity contribution in [3.8, 4) is 6.07 Å². The summed E-state index contributed by atoms with van der Waals surface area (Å²) in [4.78, 5) is 14.3. The summed E-state index contributed by atoms with van der Waals surface area (Å²) in [6, 6.07) is 9.48. The van der Waals surface area contributed by atoms with Gasteiger partial charge < -0.3 is 10.2 Å². The van der Waals surface area contributed by atoms with Crippen molar-refractivity contribution in [1.29, 1.82) is 5.26 Å². The smallest absolute Gasteiger partial charge is 0.223 e. The van der Waals surface area contributed by atoms with Gasteiger partial charge in [0.25, 0.3) is 0 Å². The highest BCUT2D eigenvalue weighted by atomic mass is 19.1. The molecule has 0 aromatic heterocycles. The number of nitriles is 1. The van der Waals surface area contributed by atoms with E-state index in [0.717, 1.165) is 17.8 Å². The van der Waals surface area contributed by atoms with Gasteiger partial charge in [-0.15, -0.1) is 0 Å². The molecule has 142 valence electrons. The normalized spacial score (nSPS) is 29.9. The van der Waals surface area contributed by atoms with Crippen molar-refractivity contribution in [2.75, 3.05) is 5.32 Å². The summed E-state index contributed by atoms with van der Waals surface area (Å²) in [5.74, 6) is -0.439. The van der Waals surface area contributed by atoms with E-state index in [0.29, 0.717) is 5.56 Å². The number of nitrogens with one attached hydrogen (secondary N) is 1. The minimum absolute atomic E-state index is 0.00433. The Labute approximate surface area is 160 Å². The largest absolute Gasteiger partial charge is 0.381 e. The zero-order valence-corrected chi connectivity index (χ0v) is 16.2. The summed E-state index contributed by atoms with van der Waals surface area (Å²) in [5.41, 5.74) is 2.40. The Morgan fingerprint density at radius 1 is 1.26 bits per heavy atom. The van der Waals surface area contributed by atoms with Crippen LogP contribution in [-0.4, -0.2) is 22.9 Å². The number of benzene rings is 1. The van der Waals surface area contributed by atoms with Crippen LogP contribution >= 0.6 is 0 Å². The number of hydrogen-bond acceptors (Lipinski definition) is 3. The quantitative estimate of drug-likeness (QED) is 0.848. The molecule has 1 heterocycles. The lowest BCUT2D eigenvalue weighted by Crippen LogP contribution is -2.58. The van der Waals surface area contributed by atoms with Gasteiger partial charge in [0.2, 0.25) is 5.91 Å². The van der Waals surface area contributed by atoms with E-state index in [1.54, 1.807) is 25.1 Å². The van der Waals surface area contributed by atoms with Gasteiger partial charge in [-0.2, -0.15) is 5.26 Å². The minimum Gasteiger partial charge on any atom is -0.381 e. The predicted molar refractivity (Wildman–Crippen MR) is 104 cm³/mol. The van der Waals surface area contributed by atoms with Gasteiger partial charge in [0.15, 0.2) is 0 Å². The van der Waals surface area contributed by atoms with Crippen molar-refractivity contribution in [2.24, 2.45) is 17.8 Å². The fourth-order valence-electron chi connectivity index (χ4n) is 4.61. The Morgan fingerprint density at radius 3 is 2.48 bits per heavy atom. The third-order valence-electron chi connectivity index (χ3n) is 6.00. The van der Waals surface area contributed by atoms with Gasteiger partial charge in [0.05, 0.1) is 11.6 Å². The number of anilines is 1. The fraction of sp³-hybridized carbons (Fsp3) is 0.455. The van der Waals surface area contributed by atoms with Crippen LogP contribution in [-0.2, 0) is 4.79 Å². The molecule has 1 amide bonds. The number of amides is 1. The van der Waals surface area contributed by atoms with Crippen LogP contribution in [0.3, 0.4) is 0 Å². The molecule has 1 fully saturated rings. The summed E-state index contributed by atoms with van der Waals surface area (Å²) in [6.45, 7) is 7.68. The van der Waals surface area contributed by atoms with E-state index in [-0.39, 0.29) is 41.6 Å². The fourth-order valence-corrected chi connectivity index (χ4v) is 4.61. The number of nitrogens with zero attached hydrogens (tertiary/aromatic N) is 2. The molecule has 1 aliphatic carbocycles. The summed E-state index contributed by atoms with van der Waals surface area (Å²) >= 11 is 0. The topological polar surface area (TPSA) is 56.1 Å². The first-order chi connectivity index (χ1) is 12.9. The van der Waals surface area contributed by atoms with Crippen LogP contribution in [0.15, 0.2) is 47.9 Å². The second-order valence-corrected chi connectivity index (χ2v) is 7.54. The van der Waals surface area contributed by atoms with Crippen LogP contribution in [0.2, 0.25) is 0 Å². The van der Waals surface area contributed by atoms with Crippen LogP contribution in [0.1, 0.15) is 39.7 Å². The average molecular weight is 367 g/mol. The second-order valence-electron chi connectivity index (χ2n) is 7.54. The van der Waals surface area contributed by atoms with Gasteiger partial charge in [-0.05, 0) is 48.8 Å². The molecule has 1 aromatic carbocycles. The van der Waals surface area contributed by atoms with E-state index in [4.69, 9.17) is 5.26 Å². The highest BCUT2D eigenvalue weighted by molar-refractivity contribution is 5.76. The number of piperidine rings is 1. The second kappa shape index (κ2) is 7.56. The van der Waals surface area contributed by atoms with E-state index >= 15 is 0 Å². The number of hydrogen-bond donors (Lipinski definition) is 1. The maximum Gasteiger partial charge on any atom is 0.223 e. The zero-order valence-electron chi connectivity index (χ0n) is 16.2. The van der Waals surface area contributed by atoms with Crippen molar-refractivity contribution in [3.05, 3.63) is 53.5 Å². The maximum absolute atomic E-state index is 14.4. The number of rotatable bonds is 3. The molecule has 2 aliphatic rings. The molecular weight excluding hydrogens is 341 g/mol. The zero-order chi connectivity index (χ0) is 19.7. The van der Waals surface area contributed by atoms with E-state index in [2.05, 4.69) is 25.2 Å². The van der Waals surface area contributed by atoms with Gasteiger partial charge in [-0.25, -0.2) is 4.39 Å². The molecule has 0 radical (unpaired) electrons. The molecule has 5 heteroatoms. The van der Waals surface area contributed by atoms with E-state index < -0.39 is 0 Å². The average Bonchev–Trinajstić information content (AvgIpc) is 2.66. The van der Waals surface area contributed by atoms with E-state index in [9.17, 15) is 9.18 Å². The van der Waals surface area contributed by atoms with Crippen LogP contribution < -0.4 is 5.32 Å². The molecule has 0 bridgehead atoms. The van der Waals surface area contributed by atoms with Crippen LogP contribution in [0, 0.1) is 29.1 Å². The number of halogens is 1. The summed E-state index contributed by atoms with van der Waals surface area (Å²) in [6.07, 6.45) is 4.09. The van der Waals surface area contributed by atoms with Gasteiger partial charge >= 0.3 is 0 Å². The molecule has 1 aliphatic heterocycles. The number of fused-ring (bicyclic) bond motifs is 1. The molecule has 5 atom stereocenters. The SMILES string of the molecule is CC[C@@H]1[C@@H](C)[C@H](Nc2ccc(C#N)cc2)C2C(=CC=C(F)C2C)N1C(C)=O. The third-order valence-corrected chi connectivity index (χ3v) is 6.00. The van der Waals surface area contributed by atoms with E-state index in [1.165, 1.54) is 6.08 Å².